The minimum atomic E-state index is -0.203. The Morgan fingerprint density at radius 1 is 1.23 bits per heavy atom. The quantitative estimate of drug-likeness (QED) is 0.753. The van der Waals surface area contributed by atoms with Crippen molar-refractivity contribution in [2.24, 2.45) is 0 Å². The third kappa shape index (κ3) is 4.12. The summed E-state index contributed by atoms with van der Waals surface area (Å²) in [5.74, 6) is 0.802. The van der Waals surface area contributed by atoms with Crippen molar-refractivity contribution in [2.45, 2.75) is 17.1 Å². The van der Waals surface area contributed by atoms with Gasteiger partial charge in [0.05, 0.1) is 15.8 Å². The molecule has 26 heavy (non-hydrogen) atoms. The number of anilines is 1. The van der Waals surface area contributed by atoms with E-state index in [1.807, 2.05) is 36.1 Å². The number of carbonyl (C=O) groups is 1. The molecule has 0 radical (unpaired) electrons. The molecule has 1 unspecified atom stereocenters. The van der Waals surface area contributed by atoms with Gasteiger partial charge in [-0.05, 0) is 31.2 Å². The van der Waals surface area contributed by atoms with Crippen molar-refractivity contribution in [1.29, 1.82) is 5.26 Å². The molecule has 0 aliphatic carbocycles. The second kappa shape index (κ2) is 8.43. The van der Waals surface area contributed by atoms with Crippen LogP contribution in [0, 0.1) is 11.3 Å². The summed E-state index contributed by atoms with van der Waals surface area (Å²) in [6, 6.07) is 13.3. The van der Waals surface area contributed by atoms with Gasteiger partial charge >= 0.3 is 0 Å². The summed E-state index contributed by atoms with van der Waals surface area (Å²) in [7, 11) is 0. The number of hydrogen-bond donors (Lipinski definition) is 0. The normalized spacial score (nSPS) is 15.4. The molecule has 5 nitrogen and oxygen atoms in total. The van der Waals surface area contributed by atoms with Gasteiger partial charge in [-0.15, -0.1) is 11.8 Å². The van der Waals surface area contributed by atoms with Crippen molar-refractivity contribution in [3.05, 3.63) is 53.2 Å². The Hall–Kier alpha value is -2.23. The number of benzene rings is 1. The van der Waals surface area contributed by atoms with E-state index < -0.39 is 0 Å². The minimum Gasteiger partial charge on any atom is -0.352 e. The van der Waals surface area contributed by atoms with Crippen LogP contribution in [-0.2, 0) is 4.79 Å². The van der Waals surface area contributed by atoms with E-state index in [4.69, 9.17) is 11.6 Å². The zero-order valence-electron chi connectivity index (χ0n) is 14.4. The number of piperazine rings is 1. The number of nitriles is 1. The van der Waals surface area contributed by atoms with E-state index in [0.717, 1.165) is 4.90 Å². The smallest absolute Gasteiger partial charge is 0.235 e. The molecule has 7 heteroatoms. The Bertz CT molecular complexity index is 830. The Balaban J connectivity index is 1.60. The van der Waals surface area contributed by atoms with Gasteiger partial charge in [-0.25, -0.2) is 4.98 Å². The largest absolute Gasteiger partial charge is 0.352 e. The summed E-state index contributed by atoms with van der Waals surface area (Å²) in [6.45, 7) is 4.48. The molecule has 1 fully saturated rings. The number of aromatic nitrogens is 1. The van der Waals surface area contributed by atoms with Gasteiger partial charge in [0.1, 0.15) is 11.9 Å². The van der Waals surface area contributed by atoms with Crippen molar-refractivity contribution in [2.75, 3.05) is 31.1 Å². The predicted molar refractivity (Wildman–Crippen MR) is 105 cm³/mol. The number of nitrogens with zero attached hydrogens (tertiary/aromatic N) is 4. The van der Waals surface area contributed by atoms with Crippen LogP contribution in [0.1, 0.15) is 12.5 Å². The maximum Gasteiger partial charge on any atom is 0.235 e. The van der Waals surface area contributed by atoms with Crippen molar-refractivity contribution in [3.8, 4) is 6.07 Å². The van der Waals surface area contributed by atoms with E-state index in [1.165, 1.54) is 11.8 Å². The van der Waals surface area contributed by atoms with E-state index in [1.54, 1.807) is 18.3 Å². The second-order valence-electron chi connectivity index (χ2n) is 5.99. The van der Waals surface area contributed by atoms with E-state index in [-0.39, 0.29) is 11.2 Å². The minimum absolute atomic E-state index is 0.107. The number of thioether (sulfide) groups is 1. The van der Waals surface area contributed by atoms with E-state index in [2.05, 4.69) is 16.0 Å². The van der Waals surface area contributed by atoms with Crippen molar-refractivity contribution >= 4 is 35.1 Å². The number of pyridine rings is 1. The number of rotatable bonds is 4. The first-order chi connectivity index (χ1) is 12.6. The van der Waals surface area contributed by atoms with Gasteiger partial charge < -0.3 is 9.80 Å². The highest BCUT2D eigenvalue weighted by atomic mass is 35.5. The summed E-state index contributed by atoms with van der Waals surface area (Å²) >= 11 is 7.67. The van der Waals surface area contributed by atoms with Crippen LogP contribution in [0.25, 0.3) is 0 Å². The Morgan fingerprint density at radius 2 is 1.96 bits per heavy atom. The highest BCUT2D eigenvalue weighted by Crippen LogP contribution is 2.31. The third-order valence-electron chi connectivity index (χ3n) is 4.29. The highest BCUT2D eigenvalue weighted by molar-refractivity contribution is 8.00. The van der Waals surface area contributed by atoms with Gasteiger partial charge in [0.2, 0.25) is 5.91 Å². The lowest BCUT2D eigenvalue weighted by Crippen LogP contribution is -2.51. The van der Waals surface area contributed by atoms with Crippen LogP contribution in [0.4, 0.5) is 5.82 Å². The van der Waals surface area contributed by atoms with Crippen LogP contribution in [0.15, 0.2) is 47.5 Å². The molecule has 1 atom stereocenters. The van der Waals surface area contributed by atoms with Crippen molar-refractivity contribution in [1.82, 2.24) is 9.88 Å². The summed E-state index contributed by atoms with van der Waals surface area (Å²) in [5, 5.41) is 9.69. The fourth-order valence-electron chi connectivity index (χ4n) is 2.91. The van der Waals surface area contributed by atoms with Crippen molar-refractivity contribution in [3.63, 3.8) is 0 Å². The molecule has 0 saturated carbocycles. The molecule has 1 aromatic heterocycles. The monoisotopic (exact) mass is 386 g/mol. The number of halogens is 1. The maximum absolute atomic E-state index is 12.8. The molecular formula is C19H19ClN4OS. The van der Waals surface area contributed by atoms with E-state index >= 15 is 0 Å². The van der Waals surface area contributed by atoms with Gasteiger partial charge in [-0.3, -0.25) is 4.79 Å². The first-order valence-electron chi connectivity index (χ1n) is 8.40. The summed E-state index contributed by atoms with van der Waals surface area (Å²) < 4.78 is 0. The average molecular weight is 387 g/mol. The molecule has 0 spiro atoms. The number of amides is 1. The molecule has 0 N–H and O–H groups in total. The van der Waals surface area contributed by atoms with Gasteiger partial charge in [-0.2, -0.15) is 5.26 Å². The van der Waals surface area contributed by atoms with Gasteiger partial charge in [0, 0.05) is 37.3 Å². The zero-order chi connectivity index (χ0) is 18.5. The molecule has 134 valence electrons. The Labute approximate surface area is 162 Å². The molecule has 1 amide bonds. The first kappa shape index (κ1) is 18.6. The van der Waals surface area contributed by atoms with Gasteiger partial charge in [0.15, 0.2) is 0 Å². The van der Waals surface area contributed by atoms with Crippen molar-refractivity contribution < 1.29 is 4.79 Å². The lowest BCUT2D eigenvalue weighted by Gasteiger charge is -2.36. The second-order valence-corrected chi connectivity index (χ2v) is 7.78. The number of carbonyl (C=O) groups excluding carboxylic acids is 1. The lowest BCUT2D eigenvalue weighted by atomic mass is 10.2. The predicted octanol–water partition coefficient (Wildman–Crippen LogP) is 3.44. The maximum atomic E-state index is 12.8. The summed E-state index contributed by atoms with van der Waals surface area (Å²) in [5.41, 5.74) is 0.565. The zero-order valence-corrected chi connectivity index (χ0v) is 16.0. The molecule has 1 aliphatic heterocycles. The summed E-state index contributed by atoms with van der Waals surface area (Å²) in [4.78, 5) is 21.9. The molecule has 0 bridgehead atoms. The topological polar surface area (TPSA) is 60.2 Å². The third-order valence-corrected chi connectivity index (χ3v) is 5.89. The molecule has 2 heterocycles. The molecule has 1 aliphatic rings. The van der Waals surface area contributed by atoms with Gasteiger partial charge in [0.25, 0.3) is 0 Å². The Morgan fingerprint density at radius 3 is 2.65 bits per heavy atom. The van der Waals surface area contributed by atoms with Crippen LogP contribution in [0.2, 0.25) is 5.02 Å². The van der Waals surface area contributed by atoms with E-state index in [0.29, 0.717) is 42.6 Å². The molecule has 1 saturated heterocycles. The number of hydrogen-bond acceptors (Lipinski definition) is 5. The summed E-state index contributed by atoms with van der Waals surface area (Å²) in [6.07, 6.45) is 1.69. The van der Waals surface area contributed by atoms with Crippen LogP contribution in [0.3, 0.4) is 0 Å². The van der Waals surface area contributed by atoms with Gasteiger partial charge in [-0.1, -0.05) is 23.7 Å². The van der Waals surface area contributed by atoms with Crippen LogP contribution >= 0.6 is 23.4 Å². The molecule has 3 rings (SSSR count). The molecular weight excluding hydrogens is 368 g/mol. The fraction of sp³-hybridized carbons (Fsp3) is 0.316. The lowest BCUT2D eigenvalue weighted by molar-refractivity contribution is -0.130. The standard InChI is InChI=1S/C19H19ClN4OS/c1-14(26-17-7-3-2-6-16(17)20)19(25)24-11-9-23(10-12-24)18-15(13-21)5-4-8-22-18/h2-8,14H,9-12H2,1H3. The average Bonchev–Trinajstić information content (AvgIpc) is 2.69. The Kier molecular flexibility index (Phi) is 6.02. The highest BCUT2D eigenvalue weighted by Gasteiger charge is 2.27. The van der Waals surface area contributed by atoms with Crippen LogP contribution in [0.5, 0.6) is 0 Å². The SMILES string of the molecule is CC(Sc1ccccc1Cl)C(=O)N1CCN(c2ncccc2C#N)CC1. The fourth-order valence-corrected chi connectivity index (χ4v) is 4.15. The molecule has 2 aromatic rings. The van der Waals surface area contributed by atoms with E-state index in [9.17, 15) is 10.1 Å². The molecule has 1 aromatic carbocycles. The van der Waals surface area contributed by atoms with Crippen LogP contribution < -0.4 is 4.90 Å². The first-order valence-corrected chi connectivity index (χ1v) is 9.66. The van der Waals surface area contributed by atoms with Crippen LogP contribution in [-0.4, -0.2) is 47.2 Å².